The van der Waals surface area contributed by atoms with Gasteiger partial charge in [-0.05, 0) is 31.5 Å². The Balaban J connectivity index is 1.72. The van der Waals surface area contributed by atoms with Crippen LogP contribution in [0.3, 0.4) is 0 Å². The van der Waals surface area contributed by atoms with Crippen LogP contribution in [0.15, 0.2) is 23.0 Å². The van der Waals surface area contributed by atoms with Gasteiger partial charge in [-0.3, -0.25) is 4.79 Å². The Hall–Kier alpha value is -2.77. The highest BCUT2D eigenvalue weighted by Crippen LogP contribution is 2.14. The molecule has 1 aliphatic heterocycles. The number of fused-ring (bicyclic) bond motifs is 1. The molecule has 2 heterocycles. The third-order valence-corrected chi connectivity index (χ3v) is 4.07. The SMILES string of the molecule is CCOC(=O)N1CCCN(C(=O)c2ccc3[nH]c(=O)[nH]c3c2)CC1. The van der Waals surface area contributed by atoms with Gasteiger partial charge in [-0.25, -0.2) is 9.59 Å². The van der Waals surface area contributed by atoms with Gasteiger partial charge < -0.3 is 24.5 Å². The van der Waals surface area contributed by atoms with Gasteiger partial charge in [-0.1, -0.05) is 0 Å². The number of aromatic amines is 2. The molecule has 0 saturated carbocycles. The fourth-order valence-corrected chi connectivity index (χ4v) is 2.87. The molecular formula is C16H20N4O4. The number of carbonyl (C=O) groups is 2. The van der Waals surface area contributed by atoms with E-state index in [2.05, 4.69) is 9.97 Å². The number of carbonyl (C=O) groups excluding carboxylic acids is 2. The van der Waals surface area contributed by atoms with Crippen molar-refractivity contribution in [1.82, 2.24) is 19.8 Å². The molecule has 8 heteroatoms. The molecular weight excluding hydrogens is 312 g/mol. The van der Waals surface area contributed by atoms with Crippen molar-refractivity contribution in [2.45, 2.75) is 13.3 Å². The minimum atomic E-state index is -0.335. The smallest absolute Gasteiger partial charge is 0.409 e. The summed E-state index contributed by atoms with van der Waals surface area (Å²) in [6.45, 7) is 4.18. The lowest BCUT2D eigenvalue weighted by molar-refractivity contribution is 0.0753. The lowest BCUT2D eigenvalue weighted by atomic mass is 10.1. The van der Waals surface area contributed by atoms with Crippen LogP contribution in [0, 0.1) is 0 Å². The van der Waals surface area contributed by atoms with Gasteiger partial charge in [0.05, 0.1) is 17.6 Å². The second-order valence-corrected chi connectivity index (χ2v) is 5.67. The normalized spacial score (nSPS) is 15.4. The molecule has 0 bridgehead atoms. The van der Waals surface area contributed by atoms with Crippen LogP contribution in [0.25, 0.3) is 11.0 Å². The number of amides is 2. The van der Waals surface area contributed by atoms with Crippen molar-refractivity contribution in [1.29, 1.82) is 0 Å². The van der Waals surface area contributed by atoms with Crippen molar-refractivity contribution < 1.29 is 14.3 Å². The van der Waals surface area contributed by atoms with Crippen molar-refractivity contribution in [3.8, 4) is 0 Å². The number of hydrogen-bond acceptors (Lipinski definition) is 4. The Morgan fingerprint density at radius 3 is 2.58 bits per heavy atom. The standard InChI is InChI=1S/C16H20N4O4/c1-2-24-16(23)20-7-3-6-19(8-9-20)14(21)11-4-5-12-13(10-11)18-15(22)17-12/h4-5,10H,2-3,6-9H2,1H3,(H2,17,18,22). The summed E-state index contributed by atoms with van der Waals surface area (Å²) in [6.07, 6.45) is 0.367. The molecule has 0 spiro atoms. The quantitative estimate of drug-likeness (QED) is 0.862. The zero-order chi connectivity index (χ0) is 17.1. The first kappa shape index (κ1) is 16.1. The monoisotopic (exact) mass is 332 g/mol. The molecule has 8 nitrogen and oxygen atoms in total. The first-order valence-corrected chi connectivity index (χ1v) is 8.01. The minimum absolute atomic E-state index is 0.107. The summed E-state index contributed by atoms with van der Waals surface area (Å²) in [4.78, 5) is 44.5. The maximum atomic E-state index is 12.7. The van der Waals surface area contributed by atoms with Gasteiger partial charge in [-0.2, -0.15) is 0 Å². The molecule has 2 amide bonds. The van der Waals surface area contributed by atoms with E-state index >= 15 is 0 Å². The Morgan fingerprint density at radius 1 is 1.08 bits per heavy atom. The highest BCUT2D eigenvalue weighted by molar-refractivity contribution is 5.97. The number of benzene rings is 1. The van der Waals surface area contributed by atoms with Gasteiger partial charge in [-0.15, -0.1) is 0 Å². The average molecular weight is 332 g/mol. The number of aromatic nitrogens is 2. The van der Waals surface area contributed by atoms with Crippen LogP contribution < -0.4 is 5.69 Å². The lowest BCUT2D eigenvalue weighted by Gasteiger charge is -2.21. The van der Waals surface area contributed by atoms with Crippen molar-refractivity contribution in [2.75, 3.05) is 32.8 Å². The van der Waals surface area contributed by atoms with Crippen LogP contribution in [0.4, 0.5) is 4.79 Å². The van der Waals surface area contributed by atoms with Crippen LogP contribution in [0.2, 0.25) is 0 Å². The van der Waals surface area contributed by atoms with Gasteiger partial charge in [0.1, 0.15) is 0 Å². The molecule has 2 N–H and O–H groups in total. The van der Waals surface area contributed by atoms with Gasteiger partial charge in [0, 0.05) is 31.7 Å². The Labute approximate surface area is 138 Å². The van der Waals surface area contributed by atoms with E-state index in [1.54, 1.807) is 34.9 Å². The second kappa shape index (κ2) is 6.77. The zero-order valence-electron chi connectivity index (χ0n) is 13.5. The predicted molar refractivity (Wildman–Crippen MR) is 88.0 cm³/mol. The van der Waals surface area contributed by atoms with Crippen molar-refractivity contribution in [2.24, 2.45) is 0 Å². The lowest BCUT2D eigenvalue weighted by Crippen LogP contribution is -2.37. The number of rotatable bonds is 2. The van der Waals surface area contributed by atoms with Crippen LogP contribution >= 0.6 is 0 Å². The van der Waals surface area contributed by atoms with Gasteiger partial charge in [0.15, 0.2) is 0 Å². The van der Waals surface area contributed by atoms with Crippen molar-refractivity contribution >= 4 is 23.0 Å². The Kier molecular flexibility index (Phi) is 4.54. The molecule has 1 aliphatic rings. The highest BCUT2D eigenvalue weighted by atomic mass is 16.6. The van der Waals surface area contributed by atoms with E-state index in [1.165, 1.54) is 0 Å². The molecule has 0 aliphatic carbocycles. The summed E-state index contributed by atoms with van der Waals surface area (Å²) >= 11 is 0. The third-order valence-electron chi connectivity index (χ3n) is 4.07. The number of nitrogens with zero attached hydrogens (tertiary/aromatic N) is 2. The van der Waals surface area contributed by atoms with Gasteiger partial charge in [0.25, 0.3) is 5.91 Å². The predicted octanol–water partition coefficient (Wildman–Crippen LogP) is 1.16. The highest BCUT2D eigenvalue weighted by Gasteiger charge is 2.23. The Morgan fingerprint density at radius 2 is 1.79 bits per heavy atom. The van der Waals surface area contributed by atoms with E-state index in [-0.39, 0.29) is 17.7 Å². The second-order valence-electron chi connectivity index (χ2n) is 5.67. The van der Waals surface area contributed by atoms with Crippen molar-refractivity contribution in [3.05, 3.63) is 34.2 Å². The van der Waals surface area contributed by atoms with Crippen LogP contribution in [0.1, 0.15) is 23.7 Å². The molecule has 2 aromatic rings. The molecule has 1 aromatic heterocycles. The maximum Gasteiger partial charge on any atom is 0.409 e. The van der Waals surface area contributed by atoms with Crippen LogP contribution in [-0.4, -0.2) is 64.6 Å². The zero-order valence-corrected chi connectivity index (χ0v) is 13.5. The van der Waals surface area contributed by atoms with E-state index in [0.717, 1.165) is 0 Å². The van der Waals surface area contributed by atoms with E-state index in [9.17, 15) is 14.4 Å². The third kappa shape index (κ3) is 3.27. The minimum Gasteiger partial charge on any atom is -0.450 e. The van der Waals surface area contributed by atoms with Gasteiger partial charge >= 0.3 is 11.8 Å². The summed E-state index contributed by atoms with van der Waals surface area (Å²) in [6, 6.07) is 5.08. The number of nitrogens with one attached hydrogen (secondary N) is 2. The summed E-state index contributed by atoms with van der Waals surface area (Å²) < 4.78 is 5.01. The summed E-state index contributed by atoms with van der Waals surface area (Å²) in [5.41, 5.74) is 1.49. The first-order valence-electron chi connectivity index (χ1n) is 8.01. The Bertz CT molecular complexity index is 810. The van der Waals surface area contributed by atoms with E-state index < -0.39 is 0 Å². The molecule has 1 saturated heterocycles. The molecule has 0 radical (unpaired) electrons. The summed E-state index contributed by atoms with van der Waals surface area (Å²) in [5.74, 6) is -0.107. The molecule has 1 aromatic carbocycles. The molecule has 24 heavy (non-hydrogen) atoms. The van der Waals surface area contributed by atoms with E-state index in [0.29, 0.717) is 55.8 Å². The topological polar surface area (TPSA) is 98.5 Å². The van der Waals surface area contributed by atoms with Crippen LogP contribution in [0.5, 0.6) is 0 Å². The maximum absolute atomic E-state index is 12.7. The summed E-state index contributed by atoms with van der Waals surface area (Å²) in [7, 11) is 0. The molecule has 0 unspecified atom stereocenters. The van der Waals surface area contributed by atoms with E-state index in [4.69, 9.17) is 4.74 Å². The van der Waals surface area contributed by atoms with Gasteiger partial charge in [0.2, 0.25) is 0 Å². The fraction of sp³-hybridized carbons (Fsp3) is 0.438. The number of imidazole rings is 1. The van der Waals surface area contributed by atoms with Crippen LogP contribution in [-0.2, 0) is 4.74 Å². The molecule has 1 fully saturated rings. The molecule has 0 atom stereocenters. The number of hydrogen-bond donors (Lipinski definition) is 2. The molecule has 3 rings (SSSR count). The number of ether oxygens (including phenoxy) is 1. The molecule has 128 valence electrons. The first-order chi connectivity index (χ1) is 11.6. The summed E-state index contributed by atoms with van der Waals surface area (Å²) in [5, 5.41) is 0. The fourth-order valence-electron chi connectivity index (χ4n) is 2.87. The van der Waals surface area contributed by atoms with Crippen molar-refractivity contribution in [3.63, 3.8) is 0 Å². The average Bonchev–Trinajstić information content (AvgIpc) is 2.78. The van der Waals surface area contributed by atoms with E-state index in [1.807, 2.05) is 0 Å². The number of H-pyrrole nitrogens is 2. The largest absolute Gasteiger partial charge is 0.450 e.